The van der Waals surface area contributed by atoms with Crippen LogP contribution >= 0.6 is 11.8 Å². The van der Waals surface area contributed by atoms with E-state index in [0.29, 0.717) is 16.2 Å². The van der Waals surface area contributed by atoms with Crippen molar-refractivity contribution < 1.29 is 9.13 Å². The number of pyridine rings is 1. The molecule has 2 N–H and O–H groups in total. The lowest BCUT2D eigenvalue weighted by atomic mass is 10.1. The zero-order valence-electron chi connectivity index (χ0n) is 12.9. The molecular weight excluding hydrogens is 327 g/mol. The van der Waals surface area contributed by atoms with Crippen LogP contribution in [-0.2, 0) is 5.75 Å². The molecular formula is C18H15FN2O2S. The number of fused-ring (bicyclic) bond motifs is 1. The summed E-state index contributed by atoms with van der Waals surface area (Å²) in [4.78, 5) is 15.0. The fraction of sp³-hybridized carbons (Fsp3) is 0.111. The van der Waals surface area contributed by atoms with Crippen molar-refractivity contribution in [2.24, 2.45) is 0 Å². The Kier molecular flexibility index (Phi) is 4.66. The highest BCUT2D eigenvalue weighted by molar-refractivity contribution is 7.98. The second-order valence-electron chi connectivity index (χ2n) is 5.13. The summed E-state index contributed by atoms with van der Waals surface area (Å²) >= 11 is 1.44. The van der Waals surface area contributed by atoms with Gasteiger partial charge in [-0.15, -0.1) is 11.8 Å². The van der Waals surface area contributed by atoms with E-state index in [2.05, 4.69) is 4.98 Å². The fourth-order valence-electron chi connectivity index (χ4n) is 2.53. The first kappa shape index (κ1) is 16.3. The molecule has 3 aromatic rings. The number of aromatic nitrogens is 1. The lowest BCUT2D eigenvalue weighted by Crippen LogP contribution is -2.13. The number of rotatable bonds is 5. The molecule has 0 saturated carbocycles. The van der Waals surface area contributed by atoms with Gasteiger partial charge in [-0.3, -0.25) is 4.79 Å². The Bertz CT molecular complexity index is 969. The topological polar surface area (TPSA) is 65.9 Å². The van der Waals surface area contributed by atoms with Gasteiger partial charge in [0.05, 0.1) is 17.7 Å². The molecule has 1 aromatic heterocycles. The largest absolute Gasteiger partial charge is 0.496 e. The van der Waals surface area contributed by atoms with Gasteiger partial charge in [0.1, 0.15) is 11.6 Å². The molecule has 6 heteroatoms. The summed E-state index contributed by atoms with van der Waals surface area (Å²) < 4.78 is 18.9. The monoisotopic (exact) mass is 342 g/mol. The molecule has 2 aromatic carbocycles. The molecule has 24 heavy (non-hydrogen) atoms. The Morgan fingerprint density at radius 2 is 2.04 bits per heavy atom. The zero-order chi connectivity index (χ0) is 17.1. The van der Waals surface area contributed by atoms with E-state index in [1.807, 2.05) is 24.3 Å². The Hall–Kier alpha value is -2.60. The van der Waals surface area contributed by atoms with E-state index >= 15 is 0 Å². The molecule has 4 nitrogen and oxygen atoms in total. The zero-order valence-corrected chi connectivity index (χ0v) is 13.7. The van der Waals surface area contributed by atoms with Crippen molar-refractivity contribution in [3.63, 3.8) is 0 Å². The van der Waals surface area contributed by atoms with Crippen LogP contribution in [0, 0.1) is 11.2 Å². The van der Waals surface area contributed by atoms with Crippen molar-refractivity contribution in [1.29, 1.82) is 5.41 Å². The van der Waals surface area contributed by atoms with Gasteiger partial charge in [0.25, 0.3) is 5.56 Å². The van der Waals surface area contributed by atoms with Gasteiger partial charge < -0.3 is 15.1 Å². The number of para-hydroxylation sites is 1. The van der Waals surface area contributed by atoms with Gasteiger partial charge in [0, 0.05) is 28.3 Å². The van der Waals surface area contributed by atoms with Gasteiger partial charge in [0.15, 0.2) is 0 Å². The molecule has 0 atom stereocenters. The van der Waals surface area contributed by atoms with Crippen molar-refractivity contribution in [1.82, 2.24) is 4.98 Å². The Balaban J connectivity index is 2.04. The number of aromatic amines is 1. The molecule has 0 aliphatic heterocycles. The number of thioether (sulfide) groups is 1. The summed E-state index contributed by atoms with van der Waals surface area (Å²) in [6, 6.07) is 11.9. The number of hydrogen-bond acceptors (Lipinski definition) is 4. The lowest BCUT2D eigenvalue weighted by Gasteiger charge is -2.10. The number of nitrogens with one attached hydrogen (secondary N) is 2. The molecule has 0 amide bonds. The maximum Gasteiger partial charge on any atom is 0.258 e. The molecule has 3 rings (SSSR count). The van der Waals surface area contributed by atoms with E-state index in [4.69, 9.17) is 10.1 Å². The van der Waals surface area contributed by atoms with Crippen molar-refractivity contribution in [3.8, 4) is 5.75 Å². The SMILES string of the molecule is COc1ccccc1CSc1[nH]c(=O)c(C=N)c2cc(F)ccc12. The van der Waals surface area contributed by atoms with E-state index in [0.717, 1.165) is 22.9 Å². The van der Waals surface area contributed by atoms with Crippen LogP contribution in [-0.4, -0.2) is 18.3 Å². The maximum atomic E-state index is 13.6. The van der Waals surface area contributed by atoms with E-state index in [9.17, 15) is 9.18 Å². The average molecular weight is 342 g/mol. The van der Waals surface area contributed by atoms with Gasteiger partial charge in [-0.2, -0.15) is 0 Å². The number of ether oxygens (including phenoxy) is 1. The van der Waals surface area contributed by atoms with Gasteiger partial charge >= 0.3 is 0 Å². The van der Waals surface area contributed by atoms with Crippen LogP contribution in [0.4, 0.5) is 4.39 Å². The summed E-state index contributed by atoms with van der Waals surface area (Å²) in [5.41, 5.74) is 0.758. The minimum Gasteiger partial charge on any atom is -0.496 e. The predicted molar refractivity (Wildman–Crippen MR) is 95.0 cm³/mol. The molecule has 0 bridgehead atoms. The van der Waals surface area contributed by atoms with Crippen molar-refractivity contribution in [2.45, 2.75) is 10.8 Å². The third-order valence-electron chi connectivity index (χ3n) is 3.70. The Labute approximate surface area is 142 Å². The highest BCUT2D eigenvalue weighted by atomic mass is 32.2. The molecule has 0 aliphatic carbocycles. The third kappa shape index (κ3) is 3.05. The van der Waals surface area contributed by atoms with Gasteiger partial charge in [0.2, 0.25) is 0 Å². The van der Waals surface area contributed by atoms with Crippen molar-refractivity contribution in [2.75, 3.05) is 7.11 Å². The molecule has 0 aliphatic rings. The molecule has 0 saturated heterocycles. The second kappa shape index (κ2) is 6.88. The summed E-state index contributed by atoms with van der Waals surface area (Å²) in [5.74, 6) is 0.937. The van der Waals surface area contributed by atoms with Crippen LogP contribution in [0.2, 0.25) is 0 Å². The van der Waals surface area contributed by atoms with Crippen molar-refractivity contribution >= 4 is 28.7 Å². The Morgan fingerprint density at radius 1 is 1.25 bits per heavy atom. The normalized spacial score (nSPS) is 10.8. The van der Waals surface area contributed by atoms with E-state index in [1.165, 1.54) is 23.9 Å². The van der Waals surface area contributed by atoms with Crippen LogP contribution in [0.3, 0.4) is 0 Å². The van der Waals surface area contributed by atoms with Gasteiger partial charge in [-0.25, -0.2) is 4.39 Å². The minimum absolute atomic E-state index is 0.158. The Morgan fingerprint density at radius 3 is 2.79 bits per heavy atom. The molecule has 1 heterocycles. The summed E-state index contributed by atoms with van der Waals surface area (Å²) in [6.07, 6.45) is 0.954. The molecule has 0 unspecified atom stereocenters. The molecule has 0 spiro atoms. The number of hydrogen-bond donors (Lipinski definition) is 2. The predicted octanol–water partition coefficient (Wildman–Crippen LogP) is 3.97. The number of methoxy groups -OCH3 is 1. The van der Waals surface area contributed by atoms with E-state index in [1.54, 1.807) is 13.2 Å². The van der Waals surface area contributed by atoms with Crippen LogP contribution in [0.15, 0.2) is 52.3 Å². The van der Waals surface area contributed by atoms with Crippen LogP contribution < -0.4 is 10.3 Å². The average Bonchev–Trinajstić information content (AvgIpc) is 2.59. The first-order valence-corrected chi connectivity index (χ1v) is 8.23. The van der Waals surface area contributed by atoms with Crippen LogP contribution in [0.5, 0.6) is 5.75 Å². The van der Waals surface area contributed by atoms with E-state index in [-0.39, 0.29) is 5.56 Å². The van der Waals surface area contributed by atoms with E-state index < -0.39 is 11.4 Å². The number of H-pyrrole nitrogens is 1. The van der Waals surface area contributed by atoms with Crippen LogP contribution in [0.25, 0.3) is 10.8 Å². The number of benzene rings is 2. The lowest BCUT2D eigenvalue weighted by molar-refractivity contribution is 0.411. The first-order valence-electron chi connectivity index (χ1n) is 7.24. The third-order valence-corrected chi connectivity index (χ3v) is 4.76. The molecule has 0 fully saturated rings. The highest BCUT2D eigenvalue weighted by Crippen LogP contribution is 2.31. The van der Waals surface area contributed by atoms with Gasteiger partial charge in [-0.1, -0.05) is 18.2 Å². The standard InChI is InChI=1S/C18H15FN2O2S/c1-23-16-5-3-2-4-11(16)10-24-18-13-7-6-12(19)8-14(13)15(9-20)17(22)21-18/h2-9,20H,10H2,1H3,(H,21,22). The second-order valence-corrected chi connectivity index (χ2v) is 6.12. The first-order chi connectivity index (χ1) is 11.6. The molecule has 0 radical (unpaired) electrons. The smallest absolute Gasteiger partial charge is 0.258 e. The highest BCUT2D eigenvalue weighted by Gasteiger charge is 2.12. The summed E-state index contributed by atoms with van der Waals surface area (Å²) in [7, 11) is 1.61. The quantitative estimate of drug-likeness (QED) is 0.545. The van der Waals surface area contributed by atoms with Gasteiger partial charge in [-0.05, 0) is 24.3 Å². The minimum atomic E-state index is -0.433. The fourth-order valence-corrected chi connectivity index (χ4v) is 3.56. The molecule has 122 valence electrons. The summed E-state index contributed by atoms with van der Waals surface area (Å²) in [6.45, 7) is 0. The van der Waals surface area contributed by atoms with Crippen LogP contribution in [0.1, 0.15) is 11.1 Å². The summed E-state index contributed by atoms with van der Waals surface area (Å²) in [5, 5.41) is 9.21. The number of halogens is 1. The maximum absolute atomic E-state index is 13.6. The van der Waals surface area contributed by atoms with Crippen molar-refractivity contribution in [3.05, 3.63) is 69.8 Å².